The zero-order chi connectivity index (χ0) is 10.5. The summed E-state index contributed by atoms with van der Waals surface area (Å²) in [6.45, 7) is 1.75. The van der Waals surface area contributed by atoms with Gasteiger partial charge in [-0.25, -0.2) is 8.42 Å². The number of sulfone groups is 1. The lowest BCUT2D eigenvalue weighted by atomic mass is 9.96. The minimum atomic E-state index is -3.01. The van der Waals surface area contributed by atoms with Crippen LogP contribution >= 0.6 is 12.4 Å². The lowest BCUT2D eigenvalue weighted by Crippen LogP contribution is -2.21. The van der Waals surface area contributed by atoms with Gasteiger partial charge in [-0.1, -0.05) is 12.1 Å². The molecule has 0 spiro atoms. The molecular weight excluding hydrogens is 246 g/mol. The first kappa shape index (κ1) is 11.9. The Bertz CT molecular complexity index is 513. The third-order valence-electron chi connectivity index (χ3n) is 3.28. The molecule has 0 aromatic heterocycles. The van der Waals surface area contributed by atoms with Gasteiger partial charge in [0.25, 0.3) is 0 Å². The van der Waals surface area contributed by atoms with Crippen molar-refractivity contribution < 1.29 is 8.42 Å². The molecule has 0 saturated carbocycles. The van der Waals surface area contributed by atoms with Gasteiger partial charge in [-0.05, 0) is 30.2 Å². The monoisotopic (exact) mass is 259 g/mol. The van der Waals surface area contributed by atoms with Gasteiger partial charge in [0.05, 0.1) is 10.6 Å². The highest BCUT2D eigenvalue weighted by atomic mass is 35.5. The van der Waals surface area contributed by atoms with Crippen LogP contribution in [0.15, 0.2) is 23.1 Å². The smallest absolute Gasteiger partial charge is 0.179 e. The van der Waals surface area contributed by atoms with E-state index in [0.717, 1.165) is 25.1 Å². The van der Waals surface area contributed by atoms with E-state index in [2.05, 4.69) is 11.4 Å². The highest BCUT2D eigenvalue weighted by Gasteiger charge is 2.36. The average molecular weight is 260 g/mol. The fraction of sp³-hybridized carbons (Fsp3) is 0.455. The molecule has 5 heteroatoms. The fourth-order valence-corrected chi connectivity index (χ4v) is 4.55. The van der Waals surface area contributed by atoms with Crippen molar-refractivity contribution in [2.75, 3.05) is 18.8 Å². The van der Waals surface area contributed by atoms with Crippen LogP contribution in [-0.4, -0.2) is 27.3 Å². The van der Waals surface area contributed by atoms with E-state index in [9.17, 15) is 8.42 Å². The SMILES string of the molecule is Cl.O=S1(=O)CC2CNCCc3cccc1c32. The molecule has 2 heterocycles. The maximum atomic E-state index is 11.9. The van der Waals surface area contributed by atoms with Crippen molar-refractivity contribution in [2.24, 2.45) is 0 Å². The Kier molecular flexibility index (Phi) is 2.99. The molecule has 1 atom stereocenters. The van der Waals surface area contributed by atoms with Gasteiger partial charge in [-0.15, -0.1) is 12.4 Å². The van der Waals surface area contributed by atoms with E-state index >= 15 is 0 Å². The van der Waals surface area contributed by atoms with E-state index in [0.29, 0.717) is 4.90 Å². The van der Waals surface area contributed by atoms with Crippen LogP contribution in [0.3, 0.4) is 0 Å². The van der Waals surface area contributed by atoms with Crippen molar-refractivity contribution in [1.82, 2.24) is 5.32 Å². The van der Waals surface area contributed by atoms with E-state index in [1.807, 2.05) is 6.07 Å². The number of hydrogen-bond donors (Lipinski definition) is 1. The number of rotatable bonds is 0. The number of hydrogen-bond acceptors (Lipinski definition) is 3. The average Bonchev–Trinajstić information content (AvgIpc) is 2.35. The van der Waals surface area contributed by atoms with Crippen molar-refractivity contribution >= 4 is 22.2 Å². The van der Waals surface area contributed by atoms with Gasteiger partial charge < -0.3 is 5.32 Å². The summed E-state index contributed by atoms with van der Waals surface area (Å²) in [5, 5.41) is 3.30. The summed E-state index contributed by atoms with van der Waals surface area (Å²) < 4.78 is 23.8. The standard InChI is InChI=1S/C11H13NO2S.ClH/c13-15(14)7-9-6-12-5-4-8-2-1-3-10(15)11(8)9;/h1-3,9,12H,4-7H2;1H. The highest BCUT2D eigenvalue weighted by Crippen LogP contribution is 2.37. The van der Waals surface area contributed by atoms with Gasteiger partial charge in [0, 0.05) is 12.5 Å². The Labute approximate surface area is 102 Å². The first-order valence-corrected chi connectivity index (χ1v) is 6.89. The van der Waals surface area contributed by atoms with Crippen LogP contribution in [-0.2, 0) is 16.3 Å². The van der Waals surface area contributed by atoms with Gasteiger partial charge >= 0.3 is 0 Å². The van der Waals surface area contributed by atoms with Crippen LogP contribution < -0.4 is 5.32 Å². The zero-order valence-corrected chi connectivity index (χ0v) is 10.4. The van der Waals surface area contributed by atoms with E-state index in [4.69, 9.17) is 0 Å². The van der Waals surface area contributed by atoms with Crippen LogP contribution in [0, 0.1) is 0 Å². The second-order valence-corrected chi connectivity index (χ2v) is 6.26. The van der Waals surface area contributed by atoms with Crippen LogP contribution in [0.25, 0.3) is 0 Å². The predicted octanol–water partition coefficient (Wildman–Crippen LogP) is 1.12. The van der Waals surface area contributed by atoms with Crippen LogP contribution in [0.5, 0.6) is 0 Å². The molecule has 0 aliphatic carbocycles. The molecule has 3 rings (SSSR count). The van der Waals surface area contributed by atoms with Crippen molar-refractivity contribution in [2.45, 2.75) is 17.2 Å². The lowest BCUT2D eigenvalue weighted by molar-refractivity contribution is 0.592. The Morgan fingerprint density at radius 2 is 2.12 bits per heavy atom. The topological polar surface area (TPSA) is 46.2 Å². The lowest BCUT2D eigenvalue weighted by Gasteiger charge is -2.08. The first-order valence-electron chi connectivity index (χ1n) is 5.24. The van der Waals surface area contributed by atoms with E-state index in [-0.39, 0.29) is 24.1 Å². The molecule has 0 radical (unpaired) electrons. The highest BCUT2D eigenvalue weighted by molar-refractivity contribution is 7.91. The van der Waals surface area contributed by atoms with Gasteiger partial charge in [0.1, 0.15) is 0 Å². The molecule has 88 valence electrons. The summed E-state index contributed by atoms with van der Waals surface area (Å²) in [6.07, 6.45) is 0.940. The van der Waals surface area contributed by atoms with Crippen molar-refractivity contribution in [1.29, 1.82) is 0 Å². The molecular formula is C11H14ClNO2S. The molecule has 0 fully saturated rings. The first-order chi connectivity index (χ1) is 7.18. The van der Waals surface area contributed by atoms with E-state index in [1.54, 1.807) is 6.07 Å². The summed E-state index contributed by atoms with van der Waals surface area (Å²) in [5.41, 5.74) is 2.30. The Balaban J connectivity index is 0.000000963. The van der Waals surface area contributed by atoms with Gasteiger partial charge in [0.2, 0.25) is 0 Å². The Morgan fingerprint density at radius 1 is 1.31 bits per heavy atom. The molecule has 1 aromatic rings. The van der Waals surface area contributed by atoms with Crippen molar-refractivity contribution in [3.8, 4) is 0 Å². The van der Waals surface area contributed by atoms with Crippen LogP contribution in [0.4, 0.5) is 0 Å². The predicted molar refractivity (Wildman–Crippen MR) is 65.1 cm³/mol. The summed E-state index contributed by atoms with van der Waals surface area (Å²) in [4.78, 5) is 0.578. The summed E-state index contributed by atoms with van der Waals surface area (Å²) >= 11 is 0. The fourth-order valence-electron chi connectivity index (χ4n) is 2.64. The van der Waals surface area contributed by atoms with E-state index in [1.165, 1.54) is 5.56 Å². The number of nitrogens with one attached hydrogen (secondary N) is 1. The number of benzene rings is 1. The van der Waals surface area contributed by atoms with Crippen molar-refractivity contribution in [3.63, 3.8) is 0 Å². The molecule has 16 heavy (non-hydrogen) atoms. The normalized spacial score (nSPS) is 25.4. The number of halogens is 1. The summed E-state index contributed by atoms with van der Waals surface area (Å²) in [7, 11) is -3.01. The minimum Gasteiger partial charge on any atom is -0.316 e. The molecule has 0 saturated heterocycles. The molecule has 2 aliphatic rings. The molecule has 3 nitrogen and oxygen atoms in total. The summed E-state index contributed by atoms with van der Waals surface area (Å²) in [6, 6.07) is 5.67. The quantitative estimate of drug-likeness (QED) is 0.760. The largest absolute Gasteiger partial charge is 0.316 e. The third-order valence-corrected chi connectivity index (χ3v) is 5.15. The molecule has 1 unspecified atom stereocenters. The Morgan fingerprint density at radius 3 is 2.94 bits per heavy atom. The second-order valence-electron chi connectivity index (χ2n) is 4.26. The minimum absolute atomic E-state index is 0. The Hall–Kier alpha value is -0.580. The van der Waals surface area contributed by atoms with Gasteiger partial charge in [0.15, 0.2) is 9.84 Å². The molecule has 0 amide bonds. The van der Waals surface area contributed by atoms with Crippen molar-refractivity contribution in [3.05, 3.63) is 29.3 Å². The maximum absolute atomic E-state index is 11.9. The van der Waals surface area contributed by atoms with E-state index < -0.39 is 9.84 Å². The molecule has 1 aromatic carbocycles. The summed E-state index contributed by atoms with van der Waals surface area (Å²) in [5.74, 6) is 0.454. The molecule has 2 aliphatic heterocycles. The second kappa shape index (κ2) is 4.02. The maximum Gasteiger partial charge on any atom is 0.179 e. The van der Waals surface area contributed by atoms with Gasteiger partial charge in [-0.3, -0.25) is 0 Å². The molecule has 0 bridgehead atoms. The van der Waals surface area contributed by atoms with Crippen LogP contribution in [0.2, 0.25) is 0 Å². The van der Waals surface area contributed by atoms with Crippen LogP contribution in [0.1, 0.15) is 17.0 Å². The van der Waals surface area contributed by atoms with Gasteiger partial charge in [-0.2, -0.15) is 0 Å². The molecule has 1 N–H and O–H groups in total. The zero-order valence-electron chi connectivity index (χ0n) is 8.77. The third kappa shape index (κ3) is 1.65.